The summed E-state index contributed by atoms with van der Waals surface area (Å²) >= 11 is 1.83. The molecule has 0 atom stereocenters. The first-order valence-corrected chi connectivity index (χ1v) is 6.94. The van der Waals surface area contributed by atoms with Crippen LogP contribution in [0.2, 0.25) is 0 Å². The molecule has 0 unspecified atom stereocenters. The molecule has 0 saturated carbocycles. The minimum atomic E-state index is 0.932. The van der Waals surface area contributed by atoms with Crippen LogP contribution in [0.1, 0.15) is 5.56 Å². The molecule has 5 rings (SSSR count). The van der Waals surface area contributed by atoms with Crippen LogP contribution in [0.5, 0.6) is 0 Å². The van der Waals surface area contributed by atoms with E-state index in [4.69, 9.17) is 0 Å². The van der Waals surface area contributed by atoms with Crippen molar-refractivity contribution in [3.05, 3.63) is 48.7 Å². The maximum Gasteiger partial charge on any atom is 0.305 e. The number of rotatable bonds is 0. The number of aromatic nitrogens is 4. The molecule has 0 spiro atoms. The van der Waals surface area contributed by atoms with E-state index >= 15 is 0 Å². The van der Waals surface area contributed by atoms with Gasteiger partial charge in [0.05, 0.1) is 18.0 Å². The molecular weight excluding hydrogens is 256 g/mol. The van der Waals surface area contributed by atoms with Gasteiger partial charge in [-0.1, -0.05) is 11.3 Å². The van der Waals surface area contributed by atoms with E-state index in [1.807, 2.05) is 42.3 Å². The normalized spacial score (nSPS) is 13.1. The molecule has 90 valence electrons. The highest BCUT2D eigenvalue weighted by atomic mass is 32.1. The molecule has 0 radical (unpaired) electrons. The zero-order chi connectivity index (χ0) is 12.4. The van der Waals surface area contributed by atoms with Gasteiger partial charge < -0.3 is 0 Å². The molecule has 19 heavy (non-hydrogen) atoms. The lowest BCUT2D eigenvalue weighted by molar-refractivity contribution is -0.644. The molecule has 4 aromatic rings. The molecule has 4 nitrogen and oxygen atoms in total. The Morgan fingerprint density at radius 3 is 3.16 bits per heavy atom. The smallest absolute Gasteiger partial charge is 0.264 e. The second-order valence-electron chi connectivity index (χ2n) is 4.73. The Hall–Kier alpha value is -2.27. The molecule has 1 aliphatic heterocycles. The molecule has 0 saturated heterocycles. The van der Waals surface area contributed by atoms with Crippen molar-refractivity contribution in [1.82, 2.24) is 14.4 Å². The first-order valence-electron chi connectivity index (χ1n) is 6.12. The third kappa shape index (κ3) is 1.11. The molecule has 0 fully saturated rings. The predicted octanol–water partition coefficient (Wildman–Crippen LogP) is 2.26. The van der Waals surface area contributed by atoms with Crippen LogP contribution >= 0.6 is 11.3 Å². The summed E-state index contributed by atoms with van der Waals surface area (Å²) in [6.45, 7) is 0.932. The van der Waals surface area contributed by atoms with Gasteiger partial charge >= 0.3 is 5.65 Å². The summed E-state index contributed by atoms with van der Waals surface area (Å²) in [7, 11) is 0. The van der Waals surface area contributed by atoms with Crippen LogP contribution in [0, 0.1) is 0 Å². The standard InChI is InChI=1S/C14H9N4S/c1-2-15-7-11-9(1)8-18-13-12(19-14(11)18)5-10-6-16-3-4-17(10)13/h1-7H,8H2/q+1. The van der Waals surface area contributed by atoms with E-state index in [2.05, 4.69) is 31.1 Å². The molecule has 0 aromatic carbocycles. The molecule has 0 bridgehead atoms. The van der Waals surface area contributed by atoms with Gasteiger partial charge in [-0.05, 0) is 6.07 Å². The maximum absolute atomic E-state index is 4.25. The minimum Gasteiger partial charge on any atom is -0.264 e. The van der Waals surface area contributed by atoms with Gasteiger partial charge in [-0.15, -0.1) is 0 Å². The fourth-order valence-corrected chi connectivity index (χ4v) is 4.10. The average Bonchev–Trinajstić information content (AvgIpc) is 3.05. The van der Waals surface area contributed by atoms with E-state index in [0.29, 0.717) is 0 Å². The number of fused-ring (bicyclic) bond motifs is 7. The Bertz CT molecular complexity index is 951. The average molecular weight is 265 g/mol. The van der Waals surface area contributed by atoms with Crippen LogP contribution in [-0.4, -0.2) is 14.4 Å². The second kappa shape index (κ2) is 3.19. The van der Waals surface area contributed by atoms with Crippen LogP contribution in [0.4, 0.5) is 0 Å². The summed E-state index contributed by atoms with van der Waals surface area (Å²) in [5.41, 5.74) is 5.03. The van der Waals surface area contributed by atoms with E-state index in [0.717, 1.165) is 12.1 Å². The molecule has 5 heteroatoms. The summed E-state index contributed by atoms with van der Waals surface area (Å²) in [6.07, 6.45) is 9.61. The van der Waals surface area contributed by atoms with Crippen molar-refractivity contribution in [2.75, 3.05) is 0 Å². The van der Waals surface area contributed by atoms with Crippen molar-refractivity contribution < 1.29 is 4.57 Å². The number of nitrogens with zero attached hydrogens (tertiary/aromatic N) is 4. The van der Waals surface area contributed by atoms with E-state index in [9.17, 15) is 0 Å². The first-order chi connectivity index (χ1) is 9.42. The molecule has 0 aliphatic carbocycles. The minimum absolute atomic E-state index is 0.932. The van der Waals surface area contributed by atoms with E-state index in [-0.39, 0.29) is 0 Å². The van der Waals surface area contributed by atoms with E-state index in [1.54, 1.807) is 0 Å². The van der Waals surface area contributed by atoms with Crippen LogP contribution in [-0.2, 0) is 6.54 Å². The number of hydrogen-bond acceptors (Lipinski definition) is 3. The highest BCUT2D eigenvalue weighted by Crippen LogP contribution is 2.35. The predicted molar refractivity (Wildman–Crippen MR) is 73.1 cm³/mol. The van der Waals surface area contributed by atoms with E-state index < -0.39 is 0 Å². The van der Waals surface area contributed by atoms with Crippen molar-refractivity contribution >= 4 is 27.2 Å². The number of thiazole rings is 1. The molecular formula is C14H9N4S+. The van der Waals surface area contributed by atoms with Gasteiger partial charge in [0.1, 0.15) is 17.4 Å². The zero-order valence-corrected chi connectivity index (χ0v) is 10.8. The van der Waals surface area contributed by atoms with Gasteiger partial charge in [0.2, 0.25) is 0 Å². The highest BCUT2D eigenvalue weighted by molar-refractivity contribution is 7.21. The summed E-state index contributed by atoms with van der Waals surface area (Å²) in [5, 5.41) is 1.30. The quantitative estimate of drug-likeness (QED) is 0.402. The Morgan fingerprint density at radius 1 is 1.21 bits per heavy atom. The third-order valence-corrected chi connectivity index (χ3v) is 4.85. The summed E-state index contributed by atoms with van der Waals surface area (Å²) in [5.74, 6) is 0. The van der Waals surface area contributed by atoms with Gasteiger partial charge in [0, 0.05) is 24.0 Å². The van der Waals surface area contributed by atoms with Gasteiger partial charge in [-0.2, -0.15) is 4.40 Å². The summed E-state index contributed by atoms with van der Waals surface area (Å²) in [6, 6.07) is 4.31. The fourth-order valence-electron chi connectivity index (χ4n) is 2.85. The Morgan fingerprint density at radius 2 is 2.16 bits per heavy atom. The van der Waals surface area contributed by atoms with Gasteiger partial charge in [0.15, 0.2) is 10.5 Å². The Balaban J connectivity index is 1.94. The van der Waals surface area contributed by atoms with Crippen LogP contribution in [0.25, 0.3) is 26.4 Å². The maximum atomic E-state index is 4.25. The molecule has 0 amide bonds. The number of pyridine rings is 1. The monoisotopic (exact) mass is 265 g/mol. The zero-order valence-electron chi connectivity index (χ0n) is 9.95. The van der Waals surface area contributed by atoms with Crippen LogP contribution in [0.3, 0.4) is 0 Å². The van der Waals surface area contributed by atoms with Gasteiger partial charge in [-0.25, -0.2) is 4.57 Å². The molecule has 1 aliphatic rings. The number of hydrogen-bond donors (Lipinski definition) is 0. The van der Waals surface area contributed by atoms with Crippen molar-refractivity contribution in [1.29, 1.82) is 0 Å². The molecule has 4 aromatic heterocycles. The fraction of sp³-hybridized carbons (Fsp3) is 0.0714. The molecule has 0 N–H and O–H groups in total. The Kier molecular flexibility index (Phi) is 1.62. The van der Waals surface area contributed by atoms with E-state index in [1.165, 1.54) is 26.5 Å². The van der Waals surface area contributed by atoms with Gasteiger partial charge in [-0.3, -0.25) is 9.97 Å². The Labute approximate surface area is 112 Å². The topological polar surface area (TPSA) is 34.1 Å². The van der Waals surface area contributed by atoms with Crippen molar-refractivity contribution in [3.8, 4) is 10.6 Å². The summed E-state index contributed by atoms with van der Waals surface area (Å²) < 4.78 is 5.89. The lowest BCUT2D eigenvalue weighted by atomic mass is 10.2. The van der Waals surface area contributed by atoms with Crippen LogP contribution in [0.15, 0.2) is 43.1 Å². The third-order valence-electron chi connectivity index (χ3n) is 3.69. The molecule has 5 heterocycles. The van der Waals surface area contributed by atoms with Crippen molar-refractivity contribution in [2.24, 2.45) is 0 Å². The lowest BCUT2D eigenvalue weighted by Gasteiger charge is -1.91. The SMILES string of the molecule is c1cc2c(cn1)-c1sc3cc4cnccn4c3[n+]1C2. The summed E-state index contributed by atoms with van der Waals surface area (Å²) in [4.78, 5) is 8.43. The van der Waals surface area contributed by atoms with Gasteiger partial charge in [0.25, 0.3) is 0 Å². The van der Waals surface area contributed by atoms with Crippen molar-refractivity contribution in [3.63, 3.8) is 0 Å². The highest BCUT2D eigenvalue weighted by Gasteiger charge is 2.30. The largest absolute Gasteiger partial charge is 0.305 e. The van der Waals surface area contributed by atoms with Crippen LogP contribution < -0.4 is 4.57 Å². The van der Waals surface area contributed by atoms with Crippen molar-refractivity contribution in [2.45, 2.75) is 6.54 Å². The second-order valence-corrected chi connectivity index (χ2v) is 5.76. The first kappa shape index (κ1) is 9.63. The lowest BCUT2D eigenvalue weighted by Crippen LogP contribution is -2.31.